The highest BCUT2D eigenvalue weighted by Gasteiger charge is 2.50. The number of nitrogens with zero attached hydrogens (tertiary/aromatic N) is 3. The fraction of sp³-hybridized carbons (Fsp3) is 0.508. The molecule has 0 unspecified atom stereocenters. The van der Waals surface area contributed by atoms with Gasteiger partial charge in [0.05, 0.1) is 42.8 Å². The first-order valence-corrected chi connectivity index (χ1v) is 30.0. The largest absolute Gasteiger partial charge is 0.506 e. The number of nitrogens with one attached hydrogen (secondary N) is 7. The molecule has 3 aliphatic heterocycles. The molecule has 0 saturated carbocycles. The number of aliphatic hydroxyl groups is 7. The molecule has 0 aromatic heterocycles. The Morgan fingerprint density at radius 1 is 0.697 bits per heavy atom. The van der Waals surface area contributed by atoms with Crippen LogP contribution in [0.15, 0.2) is 91.0 Å². The quantitative estimate of drug-likeness (QED) is 0.0407. The van der Waals surface area contributed by atoms with Crippen molar-refractivity contribution >= 4 is 47.0 Å². The predicted molar refractivity (Wildman–Crippen MR) is 327 cm³/mol. The second-order valence-electron chi connectivity index (χ2n) is 23.5. The fourth-order valence-electron chi connectivity index (χ4n) is 11.1. The van der Waals surface area contributed by atoms with E-state index in [1.165, 1.54) is 44.3 Å². The highest BCUT2D eigenvalue weighted by molar-refractivity contribution is 6.00. The number of amides is 7. The molecule has 4 aromatic rings. The maximum absolute atomic E-state index is 14.8. The minimum atomic E-state index is -2.31. The molecule has 89 heavy (non-hydrogen) atoms. The van der Waals surface area contributed by atoms with E-state index >= 15 is 0 Å². The maximum Gasteiger partial charge on any atom is 0.251 e. The summed E-state index contributed by atoms with van der Waals surface area (Å²) in [5.41, 5.74) is 3.57. The van der Waals surface area contributed by atoms with Gasteiger partial charge in [0.2, 0.25) is 35.4 Å². The number of unbranched alkanes of at least 4 members (excludes halogenated alkanes) is 2. The topological polar surface area (TPSA) is 384 Å². The van der Waals surface area contributed by atoms with Gasteiger partial charge in [-0.15, -0.1) is 0 Å². The van der Waals surface area contributed by atoms with Gasteiger partial charge in [0.25, 0.3) is 5.91 Å². The smallest absolute Gasteiger partial charge is 0.251 e. The van der Waals surface area contributed by atoms with Gasteiger partial charge in [-0.3, -0.25) is 38.9 Å². The molecule has 3 saturated heterocycles. The van der Waals surface area contributed by atoms with E-state index < -0.39 is 152 Å². The van der Waals surface area contributed by atoms with Gasteiger partial charge in [0, 0.05) is 57.5 Å². The lowest BCUT2D eigenvalue weighted by atomic mass is 9.96. The average Bonchev–Trinajstić information content (AvgIpc) is 2.95. The van der Waals surface area contributed by atoms with Crippen molar-refractivity contribution in [3.63, 3.8) is 0 Å². The van der Waals surface area contributed by atoms with Gasteiger partial charge in [0.15, 0.2) is 0 Å². The highest BCUT2D eigenvalue weighted by atomic mass is 16.5. The number of carbonyl (C=O) groups excluding carboxylic acids is 7. The van der Waals surface area contributed by atoms with Crippen LogP contribution >= 0.6 is 0 Å². The summed E-state index contributed by atoms with van der Waals surface area (Å²) in [6.07, 6.45) is -12.2. The van der Waals surface area contributed by atoms with Crippen LogP contribution in [0.3, 0.4) is 0 Å². The molecule has 26 nitrogen and oxygen atoms in total. The van der Waals surface area contributed by atoms with Gasteiger partial charge in [-0.05, 0) is 98.6 Å². The second-order valence-corrected chi connectivity index (χ2v) is 23.5. The summed E-state index contributed by atoms with van der Waals surface area (Å²) in [5.74, 6) is -8.15. The van der Waals surface area contributed by atoms with Crippen molar-refractivity contribution < 1.29 is 79.2 Å². The zero-order valence-corrected chi connectivity index (χ0v) is 51.1. The summed E-state index contributed by atoms with van der Waals surface area (Å²) >= 11 is 0. The van der Waals surface area contributed by atoms with Crippen LogP contribution in [0.4, 0.5) is 5.69 Å². The SMILES string of the molecule is CCCCCOc1ccc(-c2ccc(-c3ccc(C(=O)N[C@H]4C[C@@H](O)[C@@H](NCCN(C)C)NC(=O)[C@@H]5[C@@H](O)[C@@H](C)CN5C(=O)[C@H]([C@@H](C)O)NC(=O)[C@H]([C@H](O)[C@@H](O)c5ccc(O)c(NC)c5)NC(=O)[C@@H]5C[C@@H](O)CN5C(=O)[C@H]([C@@H](C)O)NC4=O)cc3)cc2)cc1. The number of aromatic hydroxyl groups is 1. The first-order valence-electron chi connectivity index (χ1n) is 30.0. The van der Waals surface area contributed by atoms with Gasteiger partial charge >= 0.3 is 0 Å². The van der Waals surface area contributed by atoms with Crippen LogP contribution in [0.2, 0.25) is 0 Å². The van der Waals surface area contributed by atoms with Crippen molar-refractivity contribution in [3.05, 3.63) is 102 Å². The van der Waals surface area contributed by atoms with Crippen LogP contribution < -0.4 is 42.0 Å². The van der Waals surface area contributed by atoms with Crippen LogP contribution in [0, 0.1) is 5.92 Å². The Labute approximate surface area is 517 Å². The van der Waals surface area contributed by atoms with E-state index in [2.05, 4.69) is 44.1 Å². The van der Waals surface area contributed by atoms with Gasteiger partial charge < -0.3 is 92.2 Å². The summed E-state index contributed by atoms with van der Waals surface area (Å²) in [6.45, 7) is 6.10. The molecule has 3 fully saturated rings. The van der Waals surface area contributed by atoms with E-state index in [4.69, 9.17) is 4.74 Å². The number of phenolic OH excluding ortho intramolecular Hbond substituents is 1. The zero-order valence-electron chi connectivity index (χ0n) is 51.1. The van der Waals surface area contributed by atoms with Crippen LogP contribution in [0.1, 0.15) is 81.8 Å². The molecule has 0 spiro atoms. The standard InChI is InChI=1S/C63H86N10O16/c1-8-9-10-27-89-43-22-19-39(20-23-43)37-13-11-36(12-14-37)38-15-17-40(18-16-38)57(82)66-45-30-48(78)56(65-25-26-71(6)7)70-61(86)52-53(79)33(2)31-73(52)63(88)50(35(4)75)68-60(85)51(55(81)54(80)41-21-24-47(77)44(28-41)64-5)69-59(84)46-29-42(76)32-72(46)62(87)49(34(3)74)67-58(45)83/h11-24,28,33-35,42,45-46,48-56,64-65,74-81H,8-10,25-27,29-32H2,1-7H3,(H,66,82)(H,67,83)(H,68,85)(H,69,84)(H,70,86)/t33-,34+,35+,42+,45-,46-,48+,49-,50-,51-,52-,53-,54-,55-,56-/m0/s1. The third-order valence-corrected chi connectivity index (χ3v) is 16.4. The number of likely N-dealkylation sites (N-methyl/N-ethyl adjacent to an activating group) is 1. The Morgan fingerprint density at radius 2 is 1.26 bits per heavy atom. The average molecular weight is 1240 g/mol. The van der Waals surface area contributed by atoms with E-state index in [0.29, 0.717) is 13.2 Å². The molecular formula is C63H86N10O16. The Kier molecular flexibility index (Phi) is 24.0. The summed E-state index contributed by atoms with van der Waals surface area (Å²) in [6, 6.07) is 14.3. The number of rotatable bonds is 19. The van der Waals surface area contributed by atoms with E-state index in [1.807, 2.05) is 48.5 Å². The van der Waals surface area contributed by atoms with Gasteiger partial charge in [-0.25, -0.2) is 0 Å². The number of hydrogen-bond acceptors (Lipinski definition) is 19. The number of fused-ring (bicyclic) bond motifs is 2. The molecule has 0 aliphatic carbocycles. The molecule has 26 heteroatoms. The number of benzene rings is 4. The van der Waals surface area contributed by atoms with Crippen molar-refractivity contribution in [2.75, 3.05) is 59.2 Å². The highest BCUT2D eigenvalue weighted by Crippen LogP contribution is 2.32. The summed E-state index contributed by atoms with van der Waals surface area (Å²) in [5, 5.41) is 109. The van der Waals surface area contributed by atoms with E-state index in [-0.39, 0.29) is 35.7 Å². The lowest BCUT2D eigenvalue weighted by Gasteiger charge is -2.34. The van der Waals surface area contributed by atoms with Crippen molar-refractivity contribution in [1.29, 1.82) is 0 Å². The minimum Gasteiger partial charge on any atom is -0.506 e. The molecule has 15 N–H and O–H groups in total. The normalized spacial score (nSPS) is 26.3. The molecule has 0 radical (unpaired) electrons. The predicted octanol–water partition coefficient (Wildman–Crippen LogP) is -0.726. The van der Waals surface area contributed by atoms with Crippen LogP contribution in [0.25, 0.3) is 22.3 Å². The van der Waals surface area contributed by atoms with Crippen LogP contribution in [-0.2, 0) is 28.8 Å². The molecule has 15 atom stereocenters. The Bertz CT molecular complexity index is 3080. The lowest BCUT2D eigenvalue weighted by Crippen LogP contribution is -2.64. The zero-order chi connectivity index (χ0) is 65.0. The van der Waals surface area contributed by atoms with E-state index in [9.17, 15) is 74.4 Å². The Morgan fingerprint density at radius 3 is 1.83 bits per heavy atom. The number of hydrogen-bond donors (Lipinski definition) is 15. The number of carbonyl (C=O) groups is 7. The van der Waals surface area contributed by atoms with Crippen molar-refractivity contribution in [3.8, 4) is 33.8 Å². The van der Waals surface area contributed by atoms with Crippen LogP contribution in [0.5, 0.6) is 11.5 Å². The third-order valence-electron chi connectivity index (χ3n) is 16.4. The molecule has 7 amide bonds. The molecule has 3 aliphatic rings. The van der Waals surface area contributed by atoms with Crippen molar-refractivity contribution in [2.24, 2.45) is 5.92 Å². The number of phenols is 1. The molecule has 0 bridgehead atoms. The molecule has 484 valence electrons. The van der Waals surface area contributed by atoms with Gasteiger partial charge in [0.1, 0.15) is 66.1 Å². The maximum atomic E-state index is 14.8. The lowest BCUT2D eigenvalue weighted by molar-refractivity contribution is -0.148. The first-order chi connectivity index (χ1) is 42.3. The summed E-state index contributed by atoms with van der Waals surface area (Å²) in [7, 11) is 4.97. The van der Waals surface area contributed by atoms with Gasteiger partial charge in [-0.1, -0.05) is 81.3 Å². The van der Waals surface area contributed by atoms with Crippen LogP contribution in [-0.4, -0.2) is 230 Å². The fourth-order valence-corrected chi connectivity index (χ4v) is 11.1. The molecule has 4 aromatic carbocycles. The minimum absolute atomic E-state index is 0.0586. The molecule has 3 heterocycles. The number of aliphatic hydroxyl groups excluding tert-OH is 7. The molecule has 7 rings (SSSR count). The monoisotopic (exact) mass is 1240 g/mol. The second kappa shape index (κ2) is 31.1. The molecular weight excluding hydrogens is 1150 g/mol. The number of anilines is 1. The van der Waals surface area contributed by atoms with Crippen molar-refractivity contribution in [2.45, 2.75) is 145 Å². The third kappa shape index (κ3) is 17.1. The van der Waals surface area contributed by atoms with Gasteiger partial charge in [-0.2, -0.15) is 0 Å². The number of ether oxygens (including phenoxy) is 1. The summed E-state index contributed by atoms with van der Waals surface area (Å²) < 4.78 is 5.87. The van der Waals surface area contributed by atoms with E-state index in [0.717, 1.165) is 70.9 Å². The Hall–Kier alpha value is -7.79. The Balaban J connectivity index is 1.23. The summed E-state index contributed by atoms with van der Waals surface area (Å²) in [4.78, 5) is 106. The first kappa shape index (κ1) is 68.7. The van der Waals surface area contributed by atoms with E-state index in [1.54, 1.807) is 31.1 Å². The van der Waals surface area contributed by atoms with Crippen molar-refractivity contribution in [1.82, 2.24) is 46.6 Å².